The van der Waals surface area contributed by atoms with E-state index in [0.29, 0.717) is 24.9 Å². The van der Waals surface area contributed by atoms with Gasteiger partial charge in [0.1, 0.15) is 5.82 Å². The molecule has 0 saturated heterocycles. The number of anilines is 2. The number of carbonyl (C=O) groups excluding carboxylic acids is 1. The van der Waals surface area contributed by atoms with Crippen LogP contribution in [-0.4, -0.2) is 35.5 Å². The lowest BCUT2D eigenvalue weighted by Crippen LogP contribution is -2.38. The van der Waals surface area contributed by atoms with Crippen LogP contribution in [0.5, 0.6) is 0 Å². The summed E-state index contributed by atoms with van der Waals surface area (Å²) in [5.74, 6) is 6.31. The maximum atomic E-state index is 11.6. The molecule has 0 aromatic carbocycles. The summed E-state index contributed by atoms with van der Waals surface area (Å²) in [5.41, 5.74) is 3.31. The van der Waals surface area contributed by atoms with Crippen LogP contribution in [0.4, 0.5) is 11.8 Å². The number of nitrogens with zero attached hydrogens (tertiary/aromatic N) is 3. The molecule has 0 radical (unpaired) electrons. The van der Waals surface area contributed by atoms with Gasteiger partial charge in [-0.3, -0.25) is 10.2 Å². The molecule has 0 atom stereocenters. The zero-order valence-electron chi connectivity index (χ0n) is 11.0. The Morgan fingerprint density at radius 2 is 2.22 bits per heavy atom. The number of likely N-dealkylation sites (N-methyl/N-ethyl adjacent to an activating group) is 2. The summed E-state index contributed by atoms with van der Waals surface area (Å²) in [6.07, 6.45) is 1.68. The van der Waals surface area contributed by atoms with E-state index in [9.17, 15) is 4.79 Å². The SMILES string of the molecule is CCNC(=O)CN(CC)c1nc(NN)ncc1C. The number of nitrogen functional groups attached to an aromatic ring is 1. The van der Waals surface area contributed by atoms with Gasteiger partial charge in [-0.25, -0.2) is 10.8 Å². The van der Waals surface area contributed by atoms with Gasteiger partial charge in [-0.1, -0.05) is 0 Å². The van der Waals surface area contributed by atoms with E-state index in [-0.39, 0.29) is 12.5 Å². The normalized spacial score (nSPS) is 10.0. The molecule has 0 saturated carbocycles. The van der Waals surface area contributed by atoms with Gasteiger partial charge in [0.05, 0.1) is 6.54 Å². The van der Waals surface area contributed by atoms with E-state index in [0.717, 1.165) is 5.56 Å². The summed E-state index contributed by atoms with van der Waals surface area (Å²) in [5, 5.41) is 2.76. The highest BCUT2D eigenvalue weighted by Gasteiger charge is 2.14. The van der Waals surface area contributed by atoms with Gasteiger partial charge in [0.15, 0.2) is 0 Å². The first-order valence-corrected chi connectivity index (χ1v) is 5.94. The zero-order valence-corrected chi connectivity index (χ0v) is 11.0. The summed E-state index contributed by atoms with van der Waals surface area (Å²) in [6.45, 7) is 7.33. The molecule has 0 aliphatic heterocycles. The van der Waals surface area contributed by atoms with Crippen molar-refractivity contribution in [2.75, 3.05) is 30.0 Å². The Labute approximate surface area is 107 Å². The van der Waals surface area contributed by atoms with Gasteiger partial charge in [0.25, 0.3) is 0 Å². The van der Waals surface area contributed by atoms with Gasteiger partial charge in [-0.2, -0.15) is 4.98 Å². The van der Waals surface area contributed by atoms with Gasteiger partial charge in [-0.15, -0.1) is 0 Å². The molecule has 1 heterocycles. The van der Waals surface area contributed by atoms with E-state index < -0.39 is 0 Å². The number of hydrazine groups is 1. The van der Waals surface area contributed by atoms with E-state index in [1.54, 1.807) is 6.20 Å². The van der Waals surface area contributed by atoms with Crippen LogP contribution in [0.3, 0.4) is 0 Å². The minimum absolute atomic E-state index is 0.0281. The molecule has 1 aromatic rings. The van der Waals surface area contributed by atoms with Crippen LogP contribution in [0.15, 0.2) is 6.20 Å². The average Bonchev–Trinajstić information content (AvgIpc) is 2.37. The van der Waals surface area contributed by atoms with Crippen LogP contribution < -0.4 is 21.5 Å². The van der Waals surface area contributed by atoms with Crippen molar-refractivity contribution in [3.63, 3.8) is 0 Å². The molecule has 7 nitrogen and oxygen atoms in total. The van der Waals surface area contributed by atoms with E-state index in [1.165, 1.54) is 0 Å². The quantitative estimate of drug-likeness (QED) is 0.488. The van der Waals surface area contributed by atoms with E-state index in [1.807, 2.05) is 25.7 Å². The van der Waals surface area contributed by atoms with Gasteiger partial charge >= 0.3 is 0 Å². The highest BCUT2D eigenvalue weighted by molar-refractivity contribution is 5.81. The second kappa shape index (κ2) is 6.75. The summed E-state index contributed by atoms with van der Waals surface area (Å²) >= 11 is 0. The molecule has 0 aliphatic rings. The molecule has 7 heteroatoms. The number of carbonyl (C=O) groups is 1. The predicted octanol–water partition coefficient (Wildman–Crippen LogP) is 0.0330. The van der Waals surface area contributed by atoms with Crippen molar-refractivity contribution in [3.05, 3.63) is 11.8 Å². The Kier molecular flexibility index (Phi) is 5.31. The fourth-order valence-corrected chi connectivity index (χ4v) is 1.59. The molecule has 1 aromatic heterocycles. The van der Waals surface area contributed by atoms with Crippen LogP contribution in [0.2, 0.25) is 0 Å². The lowest BCUT2D eigenvalue weighted by atomic mass is 10.3. The van der Waals surface area contributed by atoms with Crippen LogP contribution in [-0.2, 0) is 4.79 Å². The number of rotatable bonds is 6. The van der Waals surface area contributed by atoms with Crippen molar-refractivity contribution in [1.82, 2.24) is 15.3 Å². The molecule has 0 aliphatic carbocycles. The third-order valence-electron chi connectivity index (χ3n) is 2.46. The van der Waals surface area contributed by atoms with E-state index >= 15 is 0 Å². The predicted molar refractivity (Wildman–Crippen MR) is 71.1 cm³/mol. The van der Waals surface area contributed by atoms with Crippen molar-refractivity contribution >= 4 is 17.7 Å². The molecule has 1 rings (SSSR count). The Morgan fingerprint density at radius 3 is 2.78 bits per heavy atom. The second-order valence-corrected chi connectivity index (χ2v) is 3.81. The highest BCUT2D eigenvalue weighted by atomic mass is 16.2. The van der Waals surface area contributed by atoms with Gasteiger partial charge in [-0.05, 0) is 20.8 Å². The minimum Gasteiger partial charge on any atom is -0.355 e. The number of aryl methyl sites for hydroxylation is 1. The van der Waals surface area contributed by atoms with Crippen molar-refractivity contribution < 1.29 is 4.79 Å². The van der Waals surface area contributed by atoms with Crippen LogP contribution in [0.1, 0.15) is 19.4 Å². The summed E-state index contributed by atoms with van der Waals surface area (Å²) in [6, 6.07) is 0. The molecule has 0 fully saturated rings. The van der Waals surface area contributed by atoms with Gasteiger partial charge in [0.2, 0.25) is 11.9 Å². The lowest BCUT2D eigenvalue weighted by molar-refractivity contribution is -0.119. The third-order valence-corrected chi connectivity index (χ3v) is 2.46. The Balaban J connectivity index is 2.90. The van der Waals surface area contributed by atoms with Crippen LogP contribution >= 0.6 is 0 Å². The second-order valence-electron chi connectivity index (χ2n) is 3.81. The molecule has 0 unspecified atom stereocenters. The fraction of sp³-hybridized carbons (Fsp3) is 0.545. The van der Waals surface area contributed by atoms with Crippen molar-refractivity contribution in [1.29, 1.82) is 0 Å². The molecule has 0 bridgehead atoms. The summed E-state index contributed by atoms with van der Waals surface area (Å²) in [4.78, 5) is 21.8. The Morgan fingerprint density at radius 1 is 1.50 bits per heavy atom. The number of nitrogens with one attached hydrogen (secondary N) is 2. The number of aromatic nitrogens is 2. The van der Waals surface area contributed by atoms with Crippen LogP contribution in [0.25, 0.3) is 0 Å². The average molecular weight is 252 g/mol. The highest BCUT2D eigenvalue weighted by Crippen LogP contribution is 2.17. The van der Waals surface area contributed by atoms with Gasteiger partial charge < -0.3 is 10.2 Å². The number of hydrogen-bond donors (Lipinski definition) is 3. The van der Waals surface area contributed by atoms with Crippen molar-refractivity contribution in [2.45, 2.75) is 20.8 Å². The summed E-state index contributed by atoms with van der Waals surface area (Å²) < 4.78 is 0. The monoisotopic (exact) mass is 252 g/mol. The minimum atomic E-state index is -0.0281. The van der Waals surface area contributed by atoms with E-state index in [4.69, 9.17) is 5.84 Å². The first kappa shape index (κ1) is 14.2. The Hall–Kier alpha value is -1.89. The van der Waals surface area contributed by atoms with Crippen molar-refractivity contribution in [3.8, 4) is 0 Å². The fourth-order valence-electron chi connectivity index (χ4n) is 1.59. The number of nitrogens with two attached hydrogens (primary N) is 1. The largest absolute Gasteiger partial charge is 0.355 e. The lowest BCUT2D eigenvalue weighted by Gasteiger charge is -2.23. The molecule has 0 spiro atoms. The maximum Gasteiger partial charge on any atom is 0.239 e. The summed E-state index contributed by atoms with van der Waals surface area (Å²) in [7, 11) is 0. The third kappa shape index (κ3) is 3.56. The number of amides is 1. The van der Waals surface area contributed by atoms with Crippen molar-refractivity contribution in [2.24, 2.45) is 5.84 Å². The molecule has 4 N–H and O–H groups in total. The first-order chi connectivity index (χ1) is 8.62. The molecule has 18 heavy (non-hydrogen) atoms. The smallest absolute Gasteiger partial charge is 0.239 e. The standard InChI is InChI=1S/C11H20N6O/c1-4-13-9(18)7-17(5-2)10-8(3)6-14-11(15-10)16-12/h6H,4-5,7,12H2,1-3H3,(H,13,18)(H,14,15,16). The Bertz CT molecular complexity index is 409. The first-order valence-electron chi connectivity index (χ1n) is 5.94. The molecular weight excluding hydrogens is 232 g/mol. The van der Waals surface area contributed by atoms with E-state index in [2.05, 4.69) is 20.7 Å². The zero-order chi connectivity index (χ0) is 13.5. The topological polar surface area (TPSA) is 96.2 Å². The van der Waals surface area contributed by atoms with Crippen LogP contribution in [0, 0.1) is 6.92 Å². The van der Waals surface area contributed by atoms with Gasteiger partial charge in [0, 0.05) is 24.8 Å². The molecule has 100 valence electrons. The molecule has 1 amide bonds. The molecular formula is C11H20N6O. The number of hydrogen-bond acceptors (Lipinski definition) is 6. The maximum absolute atomic E-state index is 11.6.